The third-order valence-corrected chi connectivity index (χ3v) is 8.63. The normalized spacial score (nSPS) is 15.5. The van der Waals surface area contributed by atoms with E-state index in [9.17, 15) is 9.90 Å². The Labute approximate surface area is 244 Å². The zero-order valence-electron chi connectivity index (χ0n) is 23.8. The summed E-state index contributed by atoms with van der Waals surface area (Å²) in [6, 6.07) is 28.6. The van der Waals surface area contributed by atoms with Crippen LogP contribution in [0.5, 0.6) is 0 Å². The van der Waals surface area contributed by atoms with Crippen LogP contribution in [0.3, 0.4) is 0 Å². The van der Waals surface area contributed by atoms with Gasteiger partial charge in [-0.15, -0.1) is 0 Å². The molecule has 3 N–H and O–H groups in total. The molecule has 3 aromatic carbocycles. The van der Waals surface area contributed by atoms with Gasteiger partial charge in [0, 0.05) is 50.2 Å². The van der Waals surface area contributed by atoms with Crippen molar-refractivity contribution in [2.24, 2.45) is 0 Å². The van der Waals surface area contributed by atoms with Gasteiger partial charge in [-0.25, -0.2) is 4.79 Å². The van der Waals surface area contributed by atoms with Crippen LogP contribution >= 0.6 is 11.6 Å². The van der Waals surface area contributed by atoms with Gasteiger partial charge in [0.2, 0.25) is 0 Å². The first-order chi connectivity index (χ1) is 19.4. The number of aliphatic hydroxyl groups is 1. The van der Waals surface area contributed by atoms with Crippen LogP contribution < -0.4 is 10.6 Å². The van der Waals surface area contributed by atoms with Gasteiger partial charge in [-0.1, -0.05) is 84.4 Å². The van der Waals surface area contributed by atoms with Gasteiger partial charge in [0.05, 0.1) is 5.60 Å². The maximum Gasteiger partial charge on any atom is 0.317 e. The summed E-state index contributed by atoms with van der Waals surface area (Å²) in [5.41, 5.74) is 2.19. The first-order valence-corrected chi connectivity index (χ1v) is 14.7. The zero-order valence-corrected chi connectivity index (χ0v) is 24.5. The third-order valence-electron chi connectivity index (χ3n) is 8.38. The van der Waals surface area contributed by atoms with Gasteiger partial charge in [-0.3, -0.25) is 0 Å². The molecular formula is C33H43ClN4O2. The first-order valence-electron chi connectivity index (χ1n) is 14.3. The van der Waals surface area contributed by atoms with E-state index in [-0.39, 0.29) is 11.4 Å². The van der Waals surface area contributed by atoms with Gasteiger partial charge in [0.15, 0.2) is 0 Å². The number of urea groups is 1. The highest BCUT2D eigenvalue weighted by atomic mass is 35.5. The summed E-state index contributed by atoms with van der Waals surface area (Å²) in [5.74, 6) is 0. The summed E-state index contributed by atoms with van der Waals surface area (Å²) in [5, 5.41) is 18.4. The Balaban J connectivity index is 1.47. The lowest BCUT2D eigenvalue weighted by Gasteiger charge is -2.40. The molecule has 1 aliphatic rings. The number of rotatable bonds is 12. The predicted octanol–water partition coefficient (Wildman–Crippen LogP) is 5.25. The number of nitrogens with one attached hydrogen (secondary N) is 2. The Morgan fingerprint density at radius 1 is 0.975 bits per heavy atom. The van der Waals surface area contributed by atoms with E-state index in [0.29, 0.717) is 31.0 Å². The molecule has 0 aromatic heterocycles. The molecule has 0 aliphatic carbocycles. The SMILES string of the molecule is CNCCN(C)C(=O)NCC(CCCN1CCC(O)(c2ccc(Cl)cc2)CC1)(c1ccccc1)c1ccccc1. The summed E-state index contributed by atoms with van der Waals surface area (Å²) in [6.45, 7) is 4.53. The van der Waals surface area contributed by atoms with Crippen LogP contribution in [0.1, 0.15) is 42.4 Å². The van der Waals surface area contributed by atoms with Crippen molar-refractivity contribution in [3.05, 3.63) is 107 Å². The monoisotopic (exact) mass is 562 g/mol. The van der Waals surface area contributed by atoms with Crippen LogP contribution in [-0.2, 0) is 11.0 Å². The molecule has 214 valence electrons. The number of carbonyl (C=O) groups is 1. The van der Waals surface area contributed by atoms with Crippen molar-refractivity contribution in [1.29, 1.82) is 0 Å². The fourth-order valence-corrected chi connectivity index (χ4v) is 5.93. The van der Waals surface area contributed by atoms with Crippen LogP contribution in [0, 0.1) is 0 Å². The Kier molecular flexibility index (Phi) is 10.6. The van der Waals surface area contributed by atoms with Crippen molar-refractivity contribution < 1.29 is 9.90 Å². The summed E-state index contributed by atoms with van der Waals surface area (Å²) in [7, 11) is 3.73. The molecule has 0 unspecified atom stereocenters. The molecule has 0 saturated carbocycles. The van der Waals surface area contributed by atoms with Crippen molar-refractivity contribution in [3.8, 4) is 0 Å². The van der Waals surface area contributed by atoms with Crippen LogP contribution in [0.4, 0.5) is 4.79 Å². The van der Waals surface area contributed by atoms with Crippen molar-refractivity contribution in [1.82, 2.24) is 20.4 Å². The van der Waals surface area contributed by atoms with Crippen molar-refractivity contribution >= 4 is 17.6 Å². The summed E-state index contributed by atoms with van der Waals surface area (Å²) < 4.78 is 0. The van der Waals surface area contributed by atoms with Crippen molar-refractivity contribution in [2.75, 3.05) is 53.4 Å². The molecule has 1 saturated heterocycles. The van der Waals surface area contributed by atoms with E-state index in [1.165, 1.54) is 11.1 Å². The number of amides is 2. The predicted molar refractivity (Wildman–Crippen MR) is 164 cm³/mol. The maximum absolute atomic E-state index is 13.0. The molecule has 1 heterocycles. The smallest absolute Gasteiger partial charge is 0.317 e. The third kappa shape index (κ3) is 7.43. The molecule has 1 aliphatic heterocycles. The highest BCUT2D eigenvalue weighted by Crippen LogP contribution is 2.38. The second-order valence-corrected chi connectivity index (χ2v) is 11.4. The average Bonchev–Trinajstić information content (AvgIpc) is 2.99. The number of carbonyl (C=O) groups excluding carboxylic acids is 1. The fraction of sp³-hybridized carbons (Fsp3) is 0.424. The van der Waals surface area contributed by atoms with E-state index in [4.69, 9.17) is 11.6 Å². The van der Waals surface area contributed by atoms with Gasteiger partial charge in [-0.2, -0.15) is 0 Å². The lowest BCUT2D eigenvalue weighted by molar-refractivity contribution is -0.0262. The van der Waals surface area contributed by atoms with Crippen LogP contribution in [-0.4, -0.2) is 74.3 Å². The number of nitrogens with zero attached hydrogens (tertiary/aromatic N) is 2. The minimum atomic E-state index is -0.803. The fourth-order valence-electron chi connectivity index (χ4n) is 5.80. The number of hydrogen-bond donors (Lipinski definition) is 3. The molecule has 0 spiro atoms. The van der Waals surface area contributed by atoms with Crippen LogP contribution in [0.2, 0.25) is 5.02 Å². The molecule has 0 atom stereocenters. The second-order valence-electron chi connectivity index (χ2n) is 11.0. The second kappa shape index (κ2) is 14.1. The van der Waals surface area contributed by atoms with E-state index in [1.54, 1.807) is 4.90 Å². The number of piperidine rings is 1. The van der Waals surface area contributed by atoms with Crippen molar-refractivity contribution in [2.45, 2.75) is 36.7 Å². The lowest BCUT2D eigenvalue weighted by atomic mass is 9.71. The van der Waals surface area contributed by atoms with E-state index in [2.05, 4.69) is 64.1 Å². The topological polar surface area (TPSA) is 67.8 Å². The average molecular weight is 563 g/mol. The lowest BCUT2D eigenvalue weighted by Crippen LogP contribution is -2.47. The first kappa shape index (κ1) is 30.1. The molecule has 0 radical (unpaired) electrons. The van der Waals surface area contributed by atoms with E-state index in [1.807, 2.05) is 50.5 Å². The number of halogens is 1. The summed E-state index contributed by atoms with van der Waals surface area (Å²) in [6.07, 6.45) is 3.26. The van der Waals surface area contributed by atoms with Gasteiger partial charge >= 0.3 is 6.03 Å². The molecule has 7 heteroatoms. The molecule has 6 nitrogen and oxygen atoms in total. The maximum atomic E-state index is 13.0. The standard InChI is InChI=1S/C33H43ClN4O2/c1-35-21-25-37(2)31(39)36-26-32(27-10-5-3-6-11-27,28-12-7-4-8-13-28)18-9-22-38-23-19-33(40,20-24-38)29-14-16-30(34)17-15-29/h3-8,10-17,35,40H,9,18-26H2,1-2H3,(H,36,39). The molecular weight excluding hydrogens is 520 g/mol. The van der Waals surface area contributed by atoms with Crippen molar-refractivity contribution in [3.63, 3.8) is 0 Å². The van der Waals surface area contributed by atoms with Crippen LogP contribution in [0.25, 0.3) is 0 Å². The minimum Gasteiger partial charge on any atom is -0.385 e. The number of likely N-dealkylation sites (N-methyl/N-ethyl adjacent to an activating group) is 2. The van der Waals surface area contributed by atoms with E-state index in [0.717, 1.165) is 44.6 Å². The largest absolute Gasteiger partial charge is 0.385 e. The van der Waals surface area contributed by atoms with E-state index < -0.39 is 5.60 Å². The Bertz CT molecular complexity index is 1140. The number of likely N-dealkylation sites (tertiary alicyclic amines) is 1. The molecule has 2 amide bonds. The Hall–Kier alpha value is -2.90. The summed E-state index contributed by atoms with van der Waals surface area (Å²) in [4.78, 5) is 17.2. The molecule has 3 aromatic rings. The van der Waals surface area contributed by atoms with Crippen LogP contribution in [0.15, 0.2) is 84.9 Å². The minimum absolute atomic E-state index is 0.0657. The summed E-state index contributed by atoms with van der Waals surface area (Å²) >= 11 is 6.06. The molecule has 0 bridgehead atoms. The van der Waals surface area contributed by atoms with Gasteiger partial charge in [-0.05, 0) is 68.1 Å². The highest BCUT2D eigenvalue weighted by molar-refractivity contribution is 6.30. The van der Waals surface area contributed by atoms with Gasteiger partial charge in [0.25, 0.3) is 0 Å². The quantitative estimate of drug-likeness (QED) is 0.282. The zero-order chi connectivity index (χ0) is 28.4. The Morgan fingerprint density at radius 2 is 1.55 bits per heavy atom. The molecule has 1 fully saturated rings. The number of hydrogen-bond acceptors (Lipinski definition) is 4. The Morgan fingerprint density at radius 3 is 2.10 bits per heavy atom. The molecule has 4 rings (SSSR count). The highest BCUT2D eigenvalue weighted by Gasteiger charge is 2.36. The number of benzene rings is 3. The van der Waals surface area contributed by atoms with Gasteiger partial charge in [0.1, 0.15) is 0 Å². The molecule has 40 heavy (non-hydrogen) atoms. The van der Waals surface area contributed by atoms with Gasteiger partial charge < -0.3 is 25.5 Å². The van der Waals surface area contributed by atoms with E-state index >= 15 is 0 Å².